The lowest BCUT2D eigenvalue weighted by Gasteiger charge is -2.16. The summed E-state index contributed by atoms with van der Waals surface area (Å²) in [5.41, 5.74) is 7.70. The van der Waals surface area contributed by atoms with Gasteiger partial charge in [0.15, 0.2) is 5.96 Å². The number of hydrogen-bond acceptors (Lipinski definition) is 2. The highest BCUT2D eigenvalue weighted by Crippen LogP contribution is 2.24. The molecule has 1 aliphatic carbocycles. The molecule has 0 unspecified atom stereocenters. The molecule has 22 heavy (non-hydrogen) atoms. The van der Waals surface area contributed by atoms with Gasteiger partial charge in [-0.05, 0) is 37.0 Å². The predicted molar refractivity (Wildman–Crippen MR) is 89.8 cm³/mol. The molecule has 0 saturated heterocycles. The maximum absolute atomic E-state index is 11.9. The highest BCUT2D eigenvalue weighted by molar-refractivity contribution is 5.94. The van der Waals surface area contributed by atoms with Crippen molar-refractivity contribution < 1.29 is 4.79 Å². The minimum atomic E-state index is -0.0171. The summed E-state index contributed by atoms with van der Waals surface area (Å²) in [6, 6.07) is 8.11. The van der Waals surface area contributed by atoms with Gasteiger partial charge in [0.1, 0.15) is 0 Å². The van der Waals surface area contributed by atoms with Crippen LogP contribution in [0, 0.1) is 0 Å². The van der Waals surface area contributed by atoms with E-state index < -0.39 is 0 Å². The monoisotopic (exact) mass is 302 g/mol. The topological polar surface area (TPSA) is 70.7 Å². The average molecular weight is 302 g/mol. The number of unbranched alkanes of at least 4 members (excludes halogenated alkanes) is 1. The molecule has 1 aromatic carbocycles. The van der Waals surface area contributed by atoms with Gasteiger partial charge in [-0.1, -0.05) is 25.5 Å². The molecule has 1 aromatic rings. The van der Waals surface area contributed by atoms with Gasteiger partial charge in [0.2, 0.25) is 0 Å². The van der Waals surface area contributed by atoms with Crippen molar-refractivity contribution in [3.05, 3.63) is 35.4 Å². The van der Waals surface area contributed by atoms with Gasteiger partial charge in [-0.25, -0.2) is 4.99 Å². The smallest absolute Gasteiger partial charge is 0.251 e. The van der Waals surface area contributed by atoms with Crippen molar-refractivity contribution in [2.24, 2.45) is 10.7 Å². The van der Waals surface area contributed by atoms with Crippen LogP contribution in [0.3, 0.4) is 0 Å². The van der Waals surface area contributed by atoms with Crippen molar-refractivity contribution in [1.29, 1.82) is 0 Å². The van der Waals surface area contributed by atoms with Gasteiger partial charge >= 0.3 is 0 Å². The summed E-state index contributed by atoms with van der Waals surface area (Å²) in [4.78, 5) is 18.4. The van der Waals surface area contributed by atoms with Gasteiger partial charge in [0, 0.05) is 25.2 Å². The zero-order valence-electron chi connectivity index (χ0n) is 13.5. The number of carbonyl (C=O) groups is 1. The molecule has 0 aliphatic heterocycles. The number of aliphatic imine (C=N–C) groups is 1. The third-order valence-corrected chi connectivity index (χ3v) is 3.91. The number of rotatable bonds is 7. The third kappa shape index (κ3) is 4.76. The molecule has 1 saturated carbocycles. The number of nitrogens with one attached hydrogen (secondary N) is 1. The molecule has 0 aromatic heterocycles. The third-order valence-electron chi connectivity index (χ3n) is 3.91. The van der Waals surface area contributed by atoms with Crippen molar-refractivity contribution in [2.45, 2.75) is 45.2 Å². The normalized spacial score (nSPS) is 14.7. The lowest BCUT2D eigenvalue weighted by molar-refractivity contribution is 0.0953. The van der Waals surface area contributed by atoms with Crippen LogP contribution < -0.4 is 11.1 Å². The first kappa shape index (κ1) is 16.3. The lowest BCUT2D eigenvalue weighted by atomic mass is 10.1. The number of nitrogens with two attached hydrogens (primary N) is 1. The van der Waals surface area contributed by atoms with Crippen LogP contribution in [0.25, 0.3) is 0 Å². The Hall–Kier alpha value is -2.04. The molecule has 1 fully saturated rings. The molecule has 0 spiro atoms. The fourth-order valence-electron chi connectivity index (χ4n) is 2.18. The largest absolute Gasteiger partial charge is 0.370 e. The Morgan fingerprint density at radius 2 is 2.05 bits per heavy atom. The SMILES string of the molecule is CCCCNC(=O)c1ccc(CN=C(N)N(C)C2CC2)cc1. The van der Waals surface area contributed by atoms with E-state index in [0.717, 1.165) is 24.9 Å². The van der Waals surface area contributed by atoms with Crippen LogP contribution in [0.2, 0.25) is 0 Å². The molecule has 0 heterocycles. The molecule has 120 valence electrons. The Kier molecular flexibility index (Phi) is 5.81. The van der Waals surface area contributed by atoms with Crippen LogP contribution in [0.4, 0.5) is 0 Å². The molecule has 0 atom stereocenters. The number of amides is 1. The summed E-state index contributed by atoms with van der Waals surface area (Å²) in [6.45, 7) is 3.37. The van der Waals surface area contributed by atoms with Gasteiger partial charge in [0.25, 0.3) is 5.91 Å². The minimum Gasteiger partial charge on any atom is -0.370 e. The number of carbonyl (C=O) groups excluding carboxylic acids is 1. The van der Waals surface area contributed by atoms with Crippen LogP contribution in [0.5, 0.6) is 0 Å². The Balaban J connectivity index is 1.85. The van der Waals surface area contributed by atoms with Crippen molar-refractivity contribution >= 4 is 11.9 Å². The van der Waals surface area contributed by atoms with E-state index in [4.69, 9.17) is 5.73 Å². The molecular weight excluding hydrogens is 276 g/mol. The zero-order chi connectivity index (χ0) is 15.9. The molecule has 5 heteroatoms. The second kappa shape index (κ2) is 7.82. The number of nitrogens with zero attached hydrogens (tertiary/aromatic N) is 2. The van der Waals surface area contributed by atoms with E-state index in [2.05, 4.69) is 17.2 Å². The highest BCUT2D eigenvalue weighted by Gasteiger charge is 2.27. The van der Waals surface area contributed by atoms with Crippen molar-refractivity contribution in [3.8, 4) is 0 Å². The zero-order valence-corrected chi connectivity index (χ0v) is 13.5. The maximum Gasteiger partial charge on any atom is 0.251 e. The van der Waals surface area contributed by atoms with E-state index in [0.29, 0.717) is 24.1 Å². The summed E-state index contributed by atoms with van der Waals surface area (Å²) in [6.07, 6.45) is 4.49. The number of guanidine groups is 1. The summed E-state index contributed by atoms with van der Waals surface area (Å²) in [7, 11) is 1.99. The molecule has 0 radical (unpaired) electrons. The highest BCUT2D eigenvalue weighted by atomic mass is 16.1. The summed E-state index contributed by atoms with van der Waals surface area (Å²) < 4.78 is 0. The first-order valence-corrected chi connectivity index (χ1v) is 8.01. The van der Waals surface area contributed by atoms with Crippen LogP contribution in [-0.2, 0) is 6.54 Å². The van der Waals surface area contributed by atoms with Gasteiger partial charge in [-0.15, -0.1) is 0 Å². The summed E-state index contributed by atoms with van der Waals surface area (Å²) in [5.74, 6) is 0.570. The Morgan fingerprint density at radius 1 is 1.36 bits per heavy atom. The quantitative estimate of drug-likeness (QED) is 0.460. The Labute approximate surface area is 132 Å². The fourth-order valence-corrected chi connectivity index (χ4v) is 2.18. The van der Waals surface area contributed by atoms with Gasteiger partial charge in [0.05, 0.1) is 6.54 Å². The van der Waals surface area contributed by atoms with Crippen molar-refractivity contribution in [3.63, 3.8) is 0 Å². The summed E-state index contributed by atoms with van der Waals surface area (Å²) in [5, 5.41) is 2.91. The molecule has 1 amide bonds. The maximum atomic E-state index is 11.9. The Bertz CT molecular complexity index is 520. The van der Waals surface area contributed by atoms with Crippen LogP contribution >= 0.6 is 0 Å². The number of benzene rings is 1. The first-order valence-electron chi connectivity index (χ1n) is 8.01. The van der Waals surface area contributed by atoms with E-state index in [1.165, 1.54) is 12.8 Å². The molecular formula is C17H26N4O. The standard InChI is InChI=1S/C17H26N4O/c1-3-4-11-19-16(22)14-7-5-13(6-8-14)12-20-17(18)21(2)15-9-10-15/h5-8,15H,3-4,9-12H2,1-2H3,(H2,18,20)(H,19,22). The second-order valence-electron chi connectivity index (χ2n) is 5.82. The lowest BCUT2D eigenvalue weighted by Crippen LogP contribution is -2.35. The average Bonchev–Trinajstić information content (AvgIpc) is 3.37. The van der Waals surface area contributed by atoms with E-state index in [1.54, 1.807) is 0 Å². The van der Waals surface area contributed by atoms with Crippen LogP contribution in [0.1, 0.15) is 48.5 Å². The van der Waals surface area contributed by atoms with Gasteiger partial charge < -0.3 is 16.0 Å². The van der Waals surface area contributed by atoms with Crippen molar-refractivity contribution in [2.75, 3.05) is 13.6 Å². The van der Waals surface area contributed by atoms with E-state index in [1.807, 2.05) is 36.2 Å². The van der Waals surface area contributed by atoms with Crippen LogP contribution in [0.15, 0.2) is 29.3 Å². The van der Waals surface area contributed by atoms with Gasteiger partial charge in [-0.2, -0.15) is 0 Å². The van der Waals surface area contributed by atoms with E-state index in [9.17, 15) is 4.79 Å². The predicted octanol–water partition coefficient (Wildman–Crippen LogP) is 2.13. The van der Waals surface area contributed by atoms with Gasteiger partial charge in [-0.3, -0.25) is 4.79 Å². The molecule has 0 bridgehead atoms. The second-order valence-corrected chi connectivity index (χ2v) is 5.82. The van der Waals surface area contributed by atoms with E-state index >= 15 is 0 Å². The molecule has 1 aliphatic rings. The summed E-state index contributed by atoms with van der Waals surface area (Å²) >= 11 is 0. The molecule has 5 nitrogen and oxygen atoms in total. The van der Waals surface area contributed by atoms with Crippen LogP contribution in [-0.4, -0.2) is 36.4 Å². The fraction of sp³-hybridized carbons (Fsp3) is 0.529. The molecule has 3 N–H and O–H groups in total. The Morgan fingerprint density at radius 3 is 2.64 bits per heavy atom. The molecule has 2 rings (SSSR count). The first-order chi connectivity index (χ1) is 10.6. The number of hydrogen-bond donors (Lipinski definition) is 2. The van der Waals surface area contributed by atoms with Crippen molar-refractivity contribution in [1.82, 2.24) is 10.2 Å². The minimum absolute atomic E-state index is 0.0171. The van der Waals surface area contributed by atoms with E-state index in [-0.39, 0.29) is 5.91 Å².